The van der Waals surface area contributed by atoms with Crippen molar-refractivity contribution < 1.29 is 9.53 Å². The fourth-order valence-electron chi connectivity index (χ4n) is 4.23. The van der Waals surface area contributed by atoms with Crippen LogP contribution < -0.4 is 10.1 Å². The molecule has 0 saturated heterocycles. The highest BCUT2D eigenvalue weighted by molar-refractivity contribution is 6.36. The van der Waals surface area contributed by atoms with Crippen molar-refractivity contribution in [3.05, 3.63) is 84.1 Å². The van der Waals surface area contributed by atoms with Crippen molar-refractivity contribution in [3.63, 3.8) is 0 Å². The van der Waals surface area contributed by atoms with Gasteiger partial charge in [0.15, 0.2) is 0 Å². The van der Waals surface area contributed by atoms with Gasteiger partial charge in [-0.1, -0.05) is 36.4 Å². The number of likely N-dealkylation sites (N-methyl/N-ethyl adjacent to an activating group) is 1. The molecule has 0 spiro atoms. The molecule has 0 atom stereocenters. The zero-order valence-corrected chi connectivity index (χ0v) is 19.1. The fourth-order valence-corrected chi connectivity index (χ4v) is 4.23. The van der Waals surface area contributed by atoms with Crippen LogP contribution in [0.4, 0.5) is 5.69 Å². The largest absolute Gasteiger partial charge is 0.492 e. The van der Waals surface area contributed by atoms with E-state index in [1.165, 1.54) is 0 Å². The molecular weight excluding hydrogens is 410 g/mol. The Bertz CT molecular complexity index is 1370. The average molecular weight is 438 g/mol. The Morgan fingerprint density at radius 1 is 0.939 bits per heavy atom. The molecule has 0 aliphatic carbocycles. The van der Waals surface area contributed by atoms with Gasteiger partial charge in [-0.2, -0.15) is 0 Å². The highest BCUT2D eigenvalue weighted by Crippen LogP contribution is 2.39. The van der Waals surface area contributed by atoms with E-state index in [0.29, 0.717) is 12.2 Å². The molecule has 1 aliphatic rings. The standard InChI is InChI=1S/C28H27N3O2/c1-18(26-17-21-15-22(10-12-24(21)29-26)33-14-13-31(2)3)27-23-16-20(19-7-5-4-6-8-19)9-11-25(23)30-28(27)32/h4-12,15-17,29H,13-14H2,1-3H3,(H,30,32)/b27-18-. The minimum atomic E-state index is -0.0703. The topological polar surface area (TPSA) is 57.4 Å². The quantitative estimate of drug-likeness (QED) is 0.383. The number of hydrogen-bond donors (Lipinski definition) is 2. The zero-order chi connectivity index (χ0) is 22.9. The van der Waals surface area contributed by atoms with Gasteiger partial charge in [0.05, 0.1) is 5.57 Å². The van der Waals surface area contributed by atoms with Crippen LogP contribution >= 0.6 is 0 Å². The number of fused-ring (bicyclic) bond motifs is 2. The maximum atomic E-state index is 12.9. The van der Waals surface area contributed by atoms with Crippen molar-refractivity contribution in [1.29, 1.82) is 0 Å². The molecule has 33 heavy (non-hydrogen) atoms. The van der Waals surface area contributed by atoms with Crippen LogP contribution in [0.15, 0.2) is 72.8 Å². The van der Waals surface area contributed by atoms with Crippen molar-refractivity contribution >= 4 is 33.6 Å². The van der Waals surface area contributed by atoms with E-state index in [2.05, 4.69) is 39.5 Å². The normalized spacial score (nSPS) is 14.5. The van der Waals surface area contributed by atoms with Crippen LogP contribution in [0.1, 0.15) is 18.2 Å². The molecular formula is C28H27N3O2. The molecule has 4 aromatic rings. The Labute approximate surface area is 193 Å². The number of H-pyrrole nitrogens is 1. The average Bonchev–Trinajstić information content (AvgIpc) is 3.38. The van der Waals surface area contributed by atoms with Crippen molar-refractivity contribution in [2.75, 3.05) is 32.6 Å². The molecule has 2 heterocycles. The van der Waals surface area contributed by atoms with Crippen molar-refractivity contribution in [1.82, 2.24) is 9.88 Å². The van der Waals surface area contributed by atoms with E-state index in [1.807, 2.05) is 69.6 Å². The monoisotopic (exact) mass is 437 g/mol. The second kappa shape index (κ2) is 8.60. The van der Waals surface area contributed by atoms with E-state index in [9.17, 15) is 4.79 Å². The second-order valence-corrected chi connectivity index (χ2v) is 8.66. The summed E-state index contributed by atoms with van der Waals surface area (Å²) in [5.74, 6) is 0.774. The fraction of sp³-hybridized carbons (Fsp3) is 0.179. The van der Waals surface area contributed by atoms with Crippen LogP contribution in [0.2, 0.25) is 0 Å². The molecule has 166 valence electrons. The predicted octanol–water partition coefficient (Wildman–Crippen LogP) is 5.66. The van der Waals surface area contributed by atoms with E-state index in [4.69, 9.17) is 4.74 Å². The van der Waals surface area contributed by atoms with Gasteiger partial charge in [-0.3, -0.25) is 4.79 Å². The SMILES string of the molecule is C/C(=C1/C(=O)Nc2ccc(-c3ccccc3)cc21)c1cc2cc(OCCN(C)C)ccc2[nH]1. The molecule has 3 aromatic carbocycles. The zero-order valence-electron chi connectivity index (χ0n) is 19.1. The Hall–Kier alpha value is -3.83. The molecule has 1 amide bonds. The first-order chi connectivity index (χ1) is 16.0. The van der Waals surface area contributed by atoms with Gasteiger partial charge in [-0.25, -0.2) is 0 Å². The molecule has 0 bridgehead atoms. The number of amides is 1. The lowest BCUT2D eigenvalue weighted by Crippen LogP contribution is -2.19. The molecule has 0 radical (unpaired) electrons. The summed E-state index contributed by atoms with van der Waals surface area (Å²) in [7, 11) is 4.06. The molecule has 5 rings (SSSR count). The number of aromatic nitrogens is 1. The number of nitrogens with one attached hydrogen (secondary N) is 2. The molecule has 0 unspecified atom stereocenters. The summed E-state index contributed by atoms with van der Waals surface area (Å²) in [5.41, 5.74) is 7.57. The molecule has 5 heteroatoms. The highest BCUT2D eigenvalue weighted by atomic mass is 16.5. The number of nitrogens with zero attached hydrogens (tertiary/aromatic N) is 1. The maximum Gasteiger partial charge on any atom is 0.256 e. The number of hydrogen-bond acceptors (Lipinski definition) is 3. The lowest BCUT2D eigenvalue weighted by Gasteiger charge is -2.10. The van der Waals surface area contributed by atoms with Crippen molar-refractivity contribution in [2.24, 2.45) is 0 Å². The summed E-state index contributed by atoms with van der Waals surface area (Å²) < 4.78 is 5.88. The first kappa shape index (κ1) is 21.0. The molecule has 1 aromatic heterocycles. The van der Waals surface area contributed by atoms with Crippen LogP contribution in [-0.4, -0.2) is 43.0 Å². The summed E-state index contributed by atoms with van der Waals surface area (Å²) in [4.78, 5) is 18.5. The molecule has 2 N–H and O–H groups in total. The van der Waals surface area contributed by atoms with Crippen LogP contribution in [-0.2, 0) is 4.79 Å². The predicted molar refractivity (Wildman–Crippen MR) is 135 cm³/mol. The van der Waals surface area contributed by atoms with Gasteiger partial charge in [0.2, 0.25) is 0 Å². The number of carbonyl (C=O) groups is 1. The first-order valence-corrected chi connectivity index (χ1v) is 11.1. The summed E-state index contributed by atoms with van der Waals surface area (Å²) >= 11 is 0. The number of aromatic amines is 1. The number of benzene rings is 3. The summed E-state index contributed by atoms with van der Waals surface area (Å²) in [6, 6.07) is 24.5. The third-order valence-corrected chi connectivity index (χ3v) is 6.05. The second-order valence-electron chi connectivity index (χ2n) is 8.66. The van der Waals surface area contributed by atoms with Crippen LogP contribution in [0, 0.1) is 0 Å². The van der Waals surface area contributed by atoms with E-state index < -0.39 is 0 Å². The van der Waals surface area contributed by atoms with Gasteiger partial charge in [0, 0.05) is 34.4 Å². The number of carbonyl (C=O) groups excluding carboxylic acids is 1. The van der Waals surface area contributed by atoms with Gasteiger partial charge < -0.3 is 19.9 Å². The Kier molecular flexibility index (Phi) is 5.48. The van der Waals surface area contributed by atoms with E-state index in [1.54, 1.807) is 0 Å². The van der Waals surface area contributed by atoms with Gasteiger partial charge in [0.25, 0.3) is 5.91 Å². The van der Waals surface area contributed by atoms with E-state index in [0.717, 1.165) is 56.8 Å². The molecule has 5 nitrogen and oxygen atoms in total. The number of rotatable bonds is 6. The smallest absolute Gasteiger partial charge is 0.256 e. The van der Waals surface area contributed by atoms with Crippen LogP contribution in [0.3, 0.4) is 0 Å². The van der Waals surface area contributed by atoms with Gasteiger partial charge in [-0.05, 0) is 74.1 Å². The lowest BCUT2D eigenvalue weighted by molar-refractivity contribution is -0.110. The Morgan fingerprint density at radius 3 is 2.55 bits per heavy atom. The van der Waals surface area contributed by atoms with Gasteiger partial charge in [0.1, 0.15) is 12.4 Å². The minimum Gasteiger partial charge on any atom is -0.492 e. The van der Waals surface area contributed by atoms with Crippen LogP contribution in [0.5, 0.6) is 5.75 Å². The van der Waals surface area contributed by atoms with E-state index >= 15 is 0 Å². The van der Waals surface area contributed by atoms with Crippen molar-refractivity contribution in [3.8, 4) is 16.9 Å². The third kappa shape index (κ3) is 4.15. The Balaban J connectivity index is 1.50. The van der Waals surface area contributed by atoms with Crippen molar-refractivity contribution in [2.45, 2.75) is 6.92 Å². The summed E-state index contributed by atoms with van der Waals surface area (Å²) in [5, 5.41) is 4.08. The molecule has 1 aliphatic heterocycles. The van der Waals surface area contributed by atoms with E-state index in [-0.39, 0.29) is 5.91 Å². The Morgan fingerprint density at radius 2 is 1.76 bits per heavy atom. The molecule has 0 saturated carbocycles. The highest BCUT2D eigenvalue weighted by Gasteiger charge is 2.27. The first-order valence-electron chi connectivity index (χ1n) is 11.1. The third-order valence-electron chi connectivity index (χ3n) is 6.05. The number of allylic oxidation sites excluding steroid dienone is 1. The molecule has 0 fully saturated rings. The van der Waals surface area contributed by atoms with Gasteiger partial charge in [-0.15, -0.1) is 0 Å². The number of anilines is 1. The lowest BCUT2D eigenvalue weighted by atomic mass is 9.96. The number of ether oxygens (including phenoxy) is 1. The summed E-state index contributed by atoms with van der Waals surface area (Å²) in [6.07, 6.45) is 0. The maximum absolute atomic E-state index is 12.9. The minimum absolute atomic E-state index is 0.0703. The summed E-state index contributed by atoms with van der Waals surface area (Å²) in [6.45, 7) is 3.50. The van der Waals surface area contributed by atoms with Crippen LogP contribution in [0.25, 0.3) is 33.2 Å². The van der Waals surface area contributed by atoms with Gasteiger partial charge >= 0.3 is 0 Å².